The maximum absolute atomic E-state index is 10.5. The Labute approximate surface area is 123 Å². The third kappa shape index (κ3) is 7.78. The predicted molar refractivity (Wildman–Crippen MR) is 87.5 cm³/mol. The van der Waals surface area contributed by atoms with Crippen LogP contribution in [0.5, 0.6) is 0 Å². The molecule has 0 spiro atoms. The van der Waals surface area contributed by atoms with Crippen molar-refractivity contribution < 1.29 is 4.79 Å². The van der Waals surface area contributed by atoms with E-state index in [1.807, 2.05) is 30.3 Å². The van der Waals surface area contributed by atoms with E-state index >= 15 is 0 Å². The molecule has 0 amide bonds. The van der Waals surface area contributed by atoms with Gasteiger partial charge in [-0.2, -0.15) is 0 Å². The Morgan fingerprint density at radius 2 is 1.50 bits per heavy atom. The summed E-state index contributed by atoms with van der Waals surface area (Å²) in [4.78, 5) is 10.5. The zero-order valence-electron chi connectivity index (χ0n) is 12.4. The Kier molecular flexibility index (Phi) is 9.29. The summed E-state index contributed by atoms with van der Waals surface area (Å²) in [5.74, 6) is 0. The van der Waals surface area contributed by atoms with Gasteiger partial charge < -0.3 is 5.32 Å². The molecular formula is C18H27NO. The van der Waals surface area contributed by atoms with E-state index in [-0.39, 0.29) is 0 Å². The van der Waals surface area contributed by atoms with Crippen LogP contribution in [0.15, 0.2) is 36.9 Å². The molecule has 1 aromatic rings. The van der Waals surface area contributed by atoms with Crippen LogP contribution in [0.1, 0.15) is 61.7 Å². The molecule has 110 valence electrons. The van der Waals surface area contributed by atoms with Crippen LogP contribution in [0, 0.1) is 0 Å². The van der Waals surface area contributed by atoms with Crippen LogP contribution >= 0.6 is 0 Å². The molecule has 2 nitrogen and oxygen atoms in total. The van der Waals surface area contributed by atoms with Crippen molar-refractivity contribution in [2.75, 3.05) is 11.9 Å². The molecular weight excluding hydrogens is 246 g/mol. The first kappa shape index (κ1) is 16.5. The van der Waals surface area contributed by atoms with Crippen LogP contribution in [0.2, 0.25) is 0 Å². The highest BCUT2D eigenvalue weighted by Gasteiger charge is 1.94. The molecule has 0 atom stereocenters. The van der Waals surface area contributed by atoms with Crippen molar-refractivity contribution in [2.24, 2.45) is 0 Å². The fraction of sp³-hybridized carbons (Fsp3) is 0.500. The van der Waals surface area contributed by atoms with E-state index < -0.39 is 0 Å². The summed E-state index contributed by atoms with van der Waals surface area (Å²) in [6.07, 6.45) is 13.2. The summed E-state index contributed by atoms with van der Waals surface area (Å²) in [6, 6.07) is 7.61. The number of hydrogen-bond acceptors (Lipinski definition) is 2. The summed E-state index contributed by atoms with van der Waals surface area (Å²) >= 11 is 0. The molecule has 1 N–H and O–H groups in total. The number of allylic oxidation sites excluding steroid dienone is 1. The summed E-state index contributed by atoms with van der Waals surface area (Å²) in [5, 5.41) is 3.39. The topological polar surface area (TPSA) is 29.1 Å². The van der Waals surface area contributed by atoms with Gasteiger partial charge in [0.2, 0.25) is 0 Å². The van der Waals surface area contributed by atoms with Gasteiger partial charge in [0, 0.05) is 17.8 Å². The number of anilines is 1. The number of carbonyl (C=O) groups is 1. The van der Waals surface area contributed by atoms with E-state index in [9.17, 15) is 4.79 Å². The van der Waals surface area contributed by atoms with E-state index in [2.05, 4.69) is 11.9 Å². The molecule has 1 rings (SSSR count). The molecule has 0 aliphatic carbocycles. The van der Waals surface area contributed by atoms with Gasteiger partial charge in [-0.1, -0.05) is 38.2 Å². The molecule has 0 fully saturated rings. The lowest BCUT2D eigenvalue weighted by Gasteiger charge is -2.06. The Balaban J connectivity index is 1.93. The van der Waals surface area contributed by atoms with Gasteiger partial charge in [0.15, 0.2) is 0 Å². The number of hydrogen-bond donors (Lipinski definition) is 1. The summed E-state index contributed by atoms with van der Waals surface area (Å²) < 4.78 is 0. The van der Waals surface area contributed by atoms with Gasteiger partial charge in [-0.25, -0.2) is 0 Å². The van der Waals surface area contributed by atoms with Crippen LogP contribution in [0.3, 0.4) is 0 Å². The van der Waals surface area contributed by atoms with Crippen LogP contribution in [-0.2, 0) is 0 Å². The van der Waals surface area contributed by atoms with Crippen molar-refractivity contribution in [3.63, 3.8) is 0 Å². The smallest absolute Gasteiger partial charge is 0.150 e. The van der Waals surface area contributed by atoms with E-state index in [1.54, 1.807) is 0 Å². The highest BCUT2D eigenvalue weighted by molar-refractivity contribution is 5.75. The third-order valence-corrected chi connectivity index (χ3v) is 3.46. The number of unbranched alkanes of at least 4 members (excludes halogenated alkanes) is 7. The maximum atomic E-state index is 10.5. The minimum absolute atomic E-state index is 0.729. The largest absolute Gasteiger partial charge is 0.385 e. The van der Waals surface area contributed by atoms with Gasteiger partial charge in [0.1, 0.15) is 6.29 Å². The monoisotopic (exact) mass is 273 g/mol. The highest BCUT2D eigenvalue weighted by Crippen LogP contribution is 2.11. The first-order chi connectivity index (χ1) is 9.86. The number of carbonyl (C=O) groups excluding carboxylic acids is 1. The van der Waals surface area contributed by atoms with Gasteiger partial charge in [0.05, 0.1) is 0 Å². The van der Waals surface area contributed by atoms with Gasteiger partial charge in [0.25, 0.3) is 0 Å². The van der Waals surface area contributed by atoms with Crippen molar-refractivity contribution in [2.45, 2.75) is 51.4 Å². The maximum Gasteiger partial charge on any atom is 0.150 e. The lowest BCUT2D eigenvalue weighted by molar-refractivity contribution is 0.112. The quantitative estimate of drug-likeness (QED) is 0.321. The average molecular weight is 273 g/mol. The van der Waals surface area contributed by atoms with E-state index in [0.717, 1.165) is 30.5 Å². The second-order valence-electron chi connectivity index (χ2n) is 5.22. The Morgan fingerprint density at radius 3 is 2.10 bits per heavy atom. The SMILES string of the molecule is C=CCCCCCCCCCNc1ccc(C=O)cc1. The first-order valence-corrected chi connectivity index (χ1v) is 7.77. The molecule has 0 heterocycles. The van der Waals surface area contributed by atoms with Crippen molar-refractivity contribution in [1.82, 2.24) is 0 Å². The van der Waals surface area contributed by atoms with Crippen LogP contribution in [0.4, 0.5) is 5.69 Å². The van der Waals surface area contributed by atoms with E-state index in [1.165, 1.54) is 44.9 Å². The van der Waals surface area contributed by atoms with E-state index in [0.29, 0.717) is 0 Å². The number of benzene rings is 1. The minimum Gasteiger partial charge on any atom is -0.385 e. The molecule has 0 aliphatic heterocycles. The zero-order valence-corrected chi connectivity index (χ0v) is 12.4. The number of nitrogens with one attached hydrogen (secondary N) is 1. The zero-order chi connectivity index (χ0) is 14.5. The Hall–Kier alpha value is -1.57. The Bertz CT molecular complexity index is 370. The molecule has 1 aromatic carbocycles. The van der Waals surface area contributed by atoms with Gasteiger partial charge in [-0.05, 0) is 43.5 Å². The molecule has 20 heavy (non-hydrogen) atoms. The molecule has 0 radical (unpaired) electrons. The molecule has 0 unspecified atom stereocenters. The molecule has 0 aromatic heterocycles. The predicted octanol–water partition coefficient (Wildman–Crippen LogP) is 5.22. The number of aldehydes is 1. The molecule has 0 bridgehead atoms. The third-order valence-electron chi connectivity index (χ3n) is 3.46. The molecule has 0 saturated heterocycles. The normalized spacial score (nSPS) is 10.2. The van der Waals surface area contributed by atoms with Gasteiger partial charge in [-0.3, -0.25) is 4.79 Å². The first-order valence-electron chi connectivity index (χ1n) is 7.77. The van der Waals surface area contributed by atoms with E-state index in [4.69, 9.17) is 0 Å². The number of rotatable bonds is 12. The fourth-order valence-electron chi connectivity index (χ4n) is 2.21. The molecule has 0 saturated carbocycles. The van der Waals surface area contributed by atoms with Crippen molar-refractivity contribution in [3.8, 4) is 0 Å². The molecule has 0 aliphatic rings. The van der Waals surface area contributed by atoms with Crippen molar-refractivity contribution >= 4 is 12.0 Å². The summed E-state index contributed by atoms with van der Waals surface area (Å²) in [6.45, 7) is 4.75. The second kappa shape index (κ2) is 11.3. The lowest BCUT2D eigenvalue weighted by atomic mass is 10.1. The highest BCUT2D eigenvalue weighted by atomic mass is 16.1. The second-order valence-corrected chi connectivity index (χ2v) is 5.22. The Morgan fingerprint density at radius 1 is 0.900 bits per heavy atom. The van der Waals surface area contributed by atoms with Gasteiger partial charge in [-0.15, -0.1) is 6.58 Å². The van der Waals surface area contributed by atoms with Crippen molar-refractivity contribution in [1.29, 1.82) is 0 Å². The molecule has 2 heteroatoms. The average Bonchev–Trinajstić information content (AvgIpc) is 2.50. The van der Waals surface area contributed by atoms with Crippen LogP contribution in [0.25, 0.3) is 0 Å². The fourth-order valence-corrected chi connectivity index (χ4v) is 2.21. The lowest BCUT2D eigenvalue weighted by Crippen LogP contribution is -2.01. The minimum atomic E-state index is 0.729. The van der Waals surface area contributed by atoms with Crippen LogP contribution in [-0.4, -0.2) is 12.8 Å². The standard InChI is InChI=1S/C18H27NO/c1-2-3-4-5-6-7-8-9-10-15-19-18-13-11-17(16-20)12-14-18/h2,11-14,16,19H,1,3-10,15H2. The van der Waals surface area contributed by atoms with Gasteiger partial charge >= 0.3 is 0 Å². The summed E-state index contributed by atoms with van der Waals surface area (Å²) in [5.41, 5.74) is 1.83. The van der Waals surface area contributed by atoms with Crippen molar-refractivity contribution in [3.05, 3.63) is 42.5 Å². The summed E-state index contributed by atoms with van der Waals surface area (Å²) in [7, 11) is 0. The van der Waals surface area contributed by atoms with Crippen LogP contribution < -0.4 is 5.32 Å².